The highest BCUT2D eigenvalue weighted by Crippen LogP contribution is 2.35. The molecule has 2 N–H and O–H groups in total. The number of carbonyl (C=O) groups is 2. The molecule has 1 aliphatic carbocycles. The Morgan fingerprint density at radius 2 is 2.12 bits per heavy atom. The lowest BCUT2D eigenvalue weighted by atomic mass is 10.1. The van der Waals surface area contributed by atoms with E-state index >= 15 is 0 Å². The van der Waals surface area contributed by atoms with Gasteiger partial charge in [0, 0.05) is 12.6 Å². The van der Waals surface area contributed by atoms with Crippen molar-refractivity contribution in [1.82, 2.24) is 10.6 Å². The number of nitrogens with one attached hydrogen (secondary N) is 2. The Morgan fingerprint density at radius 3 is 2.82 bits per heavy atom. The number of allylic oxidation sites excluding steroid dienone is 1. The van der Waals surface area contributed by atoms with E-state index < -0.39 is 0 Å². The number of carbonyl (C=O) groups excluding carboxylic acids is 2. The second kappa shape index (κ2) is 5.34. The van der Waals surface area contributed by atoms with Crippen molar-refractivity contribution in [2.24, 2.45) is 5.92 Å². The van der Waals surface area contributed by atoms with E-state index in [0.29, 0.717) is 5.92 Å². The van der Waals surface area contributed by atoms with Crippen molar-refractivity contribution in [3.8, 4) is 0 Å². The van der Waals surface area contributed by atoms with Crippen LogP contribution in [-0.2, 0) is 9.59 Å². The highest BCUT2D eigenvalue weighted by molar-refractivity contribution is 5.93. The van der Waals surface area contributed by atoms with Crippen LogP contribution in [0.2, 0.25) is 0 Å². The zero-order chi connectivity index (χ0) is 12.3. The first-order valence-electron chi connectivity index (χ1n) is 6.43. The van der Waals surface area contributed by atoms with Crippen LogP contribution >= 0.6 is 0 Å². The molecule has 17 heavy (non-hydrogen) atoms. The molecule has 2 rings (SSSR count). The van der Waals surface area contributed by atoms with Crippen LogP contribution < -0.4 is 10.6 Å². The smallest absolute Gasteiger partial charge is 0.244 e. The summed E-state index contributed by atoms with van der Waals surface area (Å²) >= 11 is 0. The van der Waals surface area contributed by atoms with Crippen LogP contribution in [0.3, 0.4) is 0 Å². The molecule has 1 unspecified atom stereocenters. The fraction of sp³-hybridized carbons (Fsp3) is 0.692. The van der Waals surface area contributed by atoms with E-state index in [2.05, 4.69) is 10.6 Å². The van der Waals surface area contributed by atoms with Crippen LogP contribution in [0.4, 0.5) is 0 Å². The van der Waals surface area contributed by atoms with Gasteiger partial charge in [0.15, 0.2) is 0 Å². The molecule has 2 aliphatic rings. The molecule has 4 heteroatoms. The number of rotatable bonds is 3. The van der Waals surface area contributed by atoms with Crippen molar-refractivity contribution in [2.75, 3.05) is 6.54 Å². The maximum absolute atomic E-state index is 11.7. The first kappa shape index (κ1) is 12.1. The predicted molar refractivity (Wildman–Crippen MR) is 65.3 cm³/mol. The van der Waals surface area contributed by atoms with Gasteiger partial charge in [-0.15, -0.1) is 0 Å². The zero-order valence-corrected chi connectivity index (χ0v) is 10.3. The van der Waals surface area contributed by atoms with Crippen molar-refractivity contribution < 1.29 is 9.59 Å². The number of hydrogen-bond acceptors (Lipinski definition) is 2. The fourth-order valence-electron chi connectivity index (χ4n) is 2.15. The third-order valence-corrected chi connectivity index (χ3v) is 3.43. The SMILES string of the molecule is C/C(=C\C(=O)NC1CCCCNC1=O)C1CC1. The van der Waals surface area contributed by atoms with E-state index in [0.717, 1.165) is 31.4 Å². The minimum atomic E-state index is -0.353. The summed E-state index contributed by atoms with van der Waals surface area (Å²) in [5.74, 6) is 0.425. The van der Waals surface area contributed by atoms with Gasteiger partial charge < -0.3 is 10.6 Å². The molecule has 2 amide bonds. The average molecular weight is 236 g/mol. The molecule has 1 aliphatic heterocycles. The van der Waals surface area contributed by atoms with Gasteiger partial charge in [0.1, 0.15) is 6.04 Å². The van der Waals surface area contributed by atoms with Crippen LogP contribution in [0, 0.1) is 5.92 Å². The lowest BCUT2D eigenvalue weighted by Crippen LogP contribution is -2.45. The summed E-state index contributed by atoms with van der Waals surface area (Å²) in [5.41, 5.74) is 1.14. The monoisotopic (exact) mass is 236 g/mol. The van der Waals surface area contributed by atoms with Crippen molar-refractivity contribution in [2.45, 2.75) is 45.1 Å². The van der Waals surface area contributed by atoms with Gasteiger partial charge in [0.25, 0.3) is 0 Å². The van der Waals surface area contributed by atoms with Crippen molar-refractivity contribution in [3.63, 3.8) is 0 Å². The number of hydrogen-bond donors (Lipinski definition) is 2. The lowest BCUT2D eigenvalue weighted by Gasteiger charge is -2.14. The minimum Gasteiger partial charge on any atom is -0.354 e. The second-order valence-electron chi connectivity index (χ2n) is 5.01. The van der Waals surface area contributed by atoms with Gasteiger partial charge in [-0.3, -0.25) is 9.59 Å². The Kier molecular flexibility index (Phi) is 3.82. The van der Waals surface area contributed by atoms with Crippen molar-refractivity contribution in [3.05, 3.63) is 11.6 Å². The third kappa shape index (κ3) is 3.58. The van der Waals surface area contributed by atoms with Crippen molar-refractivity contribution >= 4 is 11.8 Å². The van der Waals surface area contributed by atoms with E-state index in [1.54, 1.807) is 6.08 Å². The van der Waals surface area contributed by atoms with Crippen molar-refractivity contribution in [1.29, 1.82) is 0 Å². The van der Waals surface area contributed by atoms with Gasteiger partial charge in [0.2, 0.25) is 11.8 Å². The molecule has 0 spiro atoms. The fourth-order valence-corrected chi connectivity index (χ4v) is 2.15. The Bertz CT molecular complexity index is 345. The molecule has 1 atom stereocenters. The summed E-state index contributed by atoms with van der Waals surface area (Å²) in [5, 5.41) is 5.61. The van der Waals surface area contributed by atoms with Gasteiger partial charge >= 0.3 is 0 Å². The minimum absolute atomic E-state index is 0.0478. The molecule has 0 aromatic carbocycles. The standard InChI is InChI=1S/C13H20N2O2/c1-9(10-5-6-10)8-12(16)15-11-4-2-3-7-14-13(11)17/h8,10-11H,2-7H2,1H3,(H,14,17)(H,15,16)/b9-8+. The molecule has 0 aromatic heterocycles. The molecular weight excluding hydrogens is 216 g/mol. The third-order valence-electron chi connectivity index (χ3n) is 3.43. The predicted octanol–water partition coefficient (Wildman–Crippen LogP) is 1.13. The van der Waals surface area contributed by atoms with E-state index in [-0.39, 0.29) is 17.9 Å². The molecule has 1 heterocycles. The molecule has 1 saturated heterocycles. The summed E-state index contributed by atoms with van der Waals surface area (Å²) in [6.45, 7) is 2.71. The summed E-state index contributed by atoms with van der Waals surface area (Å²) in [4.78, 5) is 23.4. The van der Waals surface area contributed by atoms with Crippen LogP contribution in [0.15, 0.2) is 11.6 Å². The van der Waals surface area contributed by atoms with Gasteiger partial charge in [-0.2, -0.15) is 0 Å². The highest BCUT2D eigenvalue weighted by Gasteiger charge is 2.25. The maximum atomic E-state index is 11.7. The molecule has 1 saturated carbocycles. The first-order chi connectivity index (χ1) is 8.16. The Morgan fingerprint density at radius 1 is 1.35 bits per heavy atom. The zero-order valence-electron chi connectivity index (χ0n) is 10.3. The maximum Gasteiger partial charge on any atom is 0.244 e. The molecule has 4 nitrogen and oxygen atoms in total. The molecule has 94 valence electrons. The van der Waals surface area contributed by atoms with E-state index in [1.165, 1.54) is 12.8 Å². The normalized spacial score (nSPS) is 26.1. The molecule has 0 aromatic rings. The van der Waals surface area contributed by atoms with Crippen LogP contribution in [-0.4, -0.2) is 24.4 Å². The van der Waals surface area contributed by atoms with Crippen LogP contribution in [0.25, 0.3) is 0 Å². The van der Waals surface area contributed by atoms with Crippen LogP contribution in [0.1, 0.15) is 39.0 Å². The Balaban J connectivity index is 1.88. The molecule has 2 fully saturated rings. The van der Waals surface area contributed by atoms with Gasteiger partial charge in [0.05, 0.1) is 0 Å². The Labute approximate surface area is 102 Å². The highest BCUT2D eigenvalue weighted by atomic mass is 16.2. The molecule has 0 radical (unpaired) electrons. The van der Waals surface area contributed by atoms with Crippen LogP contribution in [0.5, 0.6) is 0 Å². The van der Waals surface area contributed by atoms with E-state index in [4.69, 9.17) is 0 Å². The lowest BCUT2D eigenvalue weighted by molar-refractivity contribution is -0.126. The van der Waals surface area contributed by atoms with E-state index in [1.807, 2.05) is 6.92 Å². The summed E-state index contributed by atoms with van der Waals surface area (Å²) in [6.07, 6.45) is 6.76. The van der Waals surface area contributed by atoms with Gasteiger partial charge in [-0.05, 0) is 44.9 Å². The van der Waals surface area contributed by atoms with Gasteiger partial charge in [-0.25, -0.2) is 0 Å². The Hall–Kier alpha value is -1.32. The quantitative estimate of drug-likeness (QED) is 0.722. The molecule has 0 bridgehead atoms. The van der Waals surface area contributed by atoms with Gasteiger partial charge in [-0.1, -0.05) is 5.57 Å². The van der Waals surface area contributed by atoms with E-state index in [9.17, 15) is 9.59 Å². The second-order valence-corrected chi connectivity index (χ2v) is 5.01. The summed E-state index contributed by atoms with van der Waals surface area (Å²) in [7, 11) is 0. The molecular formula is C13H20N2O2. The first-order valence-corrected chi connectivity index (χ1v) is 6.43. The number of amides is 2. The largest absolute Gasteiger partial charge is 0.354 e. The topological polar surface area (TPSA) is 58.2 Å². The average Bonchev–Trinajstić information content (AvgIpc) is 3.08. The summed E-state index contributed by atoms with van der Waals surface area (Å²) < 4.78 is 0. The summed E-state index contributed by atoms with van der Waals surface area (Å²) in [6, 6.07) is -0.353.